The first-order valence-corrected chi connectivity index (χ1v) is 9.90. The van der Waals surface area contributed by atoms with Crippen molar-refractivity contribution < 1.29 is 14.3 Å². The minimum atomic E-state index is -0.0568. The van der Waals surface area contributed by atoms with Crippen molar-refractivity contribution in [1.29, 1.82) is 0 Å². The van der Waals surface area contributed by atoms with E-state index >= 15 is 0 Å². The van der Waals surface area contributed by atoms with E-state index in [-0.39, 0.29) is 17.7 Å². The Morgan fingerprint density at radius 2 is 1.88 bits per heavy atom. The third-order valence-electron chi connectivity index (χ3n) is 4.66. The van der Waals surface area contributed by atoms with E-state index in [2.05, 4.69) is 12.2 Å². The fraction of sp³-hybridized carbons (Fsp3) is 0.600. The van der Waals surface area contributed by atoms with Gasteiger partial charge in [0, 0.05) is 38.8 Å². The number of unbranched alkanes of at least 4 members (excludes halogenated alkanes) is 1. The van der Waals surface area contributed by atoms with Crippen LogP contribution in [0.4, 0.5) is 0 Å². The van der Waals surface area contributed by atoms with Crippen LogP contribution in [0.25, 0.3) is 0 Å². The summed E-state index contributed by atoms with van der Waals surface area (Å²) < 4.78 is 5.49. The molecule has 26 heavy (non-hydrogen) atoms. The topological polar surface area (TPSA) is 58.6 Å². The van der Waals surface area contributed by atoms with E-state index in [1.54, 1.807) is 17.0 Å². The summed E-state index contributed by atoms with van der Waals surface area (Å²) in [6.07, 6.45) is 4.43. The van der Waals surface area contributed by atoms with E-state index in [1.165, 1.54) is 0 Å². The lowest BCUT2D eigenvalue weighted by molar-refractivity contribution is -0.126. The van der Waals surface area contributed by atoms with Gasteiger partial charge in [0.25, 0.3) is 5.91 Å². The summed E-state index contributed by atoms with van der Waals surface area (Å²) in [7, 11) is 0. The molecule has 0 saturated carbocycles. The lowest BCUT2D eigenvalue weighted by atomic mass is 9.95. The molecule has 0 atom stereocenters. The summed E-state index contributed by atoms with van der Waals surface area (Å²) in [5.41, 5.74) is 0.528. The first kappa shape index (κ1) is 20.7. The van der Waals surface area contributed by atoms with Crippen molar-refractivity contribution in [2.45, 2.75) is 39.0 Å². The molecule has 2 rings (SSSR count). The number of carbonyl (C=O) groups is 2. The van der Waals surface area contributed by atoms with Gasteiger partial charge in [0.05, 0.1) is 10.6 Å². The number of hydrogen-bond acceptors (Lipinski definition) is 3. The maximum Gasteiger partial charge on any atom is 0.255 e. The number of likely N-dealkylation sites (tertiary alicyclic amines) is 1. The Morgan fingerprint density at radius 1 is 1.19 bits per heavy atom. The van der Waals surface area contributed by atoms with Gasteiger partial charge < -0.3 is 15.0 Å². The molecule has 1 aromatic rings. The van der Waals surface area contributed by atoms with Crippen molar-refractivity contribution in [3.63, 3.8) is 0 Å². The van der Waals surface area contributed by atoms with Crippen LogP contribution in [0.5, 0.6) is 0 Å². The number of rotatable bonds is 9. The third-order valence-corrected chi connectivity index (χ3v) is 4.99. The fourth-order valence-corrected chi connectivity index (χ4v) is 3.24. The van der Waals surface area contributed by atoms with Crippen molar-refractivity contribution in [3.05, 3.63) is 34.9 Å². The average Bonchev–Trinajstić information content (AvgIpc) is 2.67. The molecular weight excluding hydrogens is 352 g/mol. The highest BCUT2D eigenvalue weighted by Crippen LogP contribution is 2.22. The first-order valence-electron chi connectivity index (χ1n) is 9.52. The van der Waals surface area contributed by atoms with Gasteiger partial charge in [0.1, 0.15) is 0 Å². The van der Waals surface area contributed by atoms with Crippen LogP contribution in [0, 0.1) is 5.92 Å². The van der Waals surface area contributed by atoms with E-state index < -0.39 is 0 Å². The van der Waals surface area contributed by atoms with Gasteiger partial charge in [-0.2, -0.15) is 0 Å². The Labute approximate surface area is 161 Å². The second kappa shape index (κ2) is 11.2. The van der Waals surface area contributed by atoms with Crippen LogP contribution in [0.15, 0.2) is 24.3 Å². The number of ether oxygens (including phenoxy) is 1. The normalized spacial score (nSPS) is 15.1. The summed E-state index contributed by atoms with van der Waals surface area (Å²) in [6.45, 7) is 5.43. The molecule has 0 spiro atoms. The van der Waals surface area contributed by atoms with Crippen LogP contribution < -0.4 is 5.32 Å². The molecule has 1 saturated heterocycles. The molecule has 0 unspecified atom stereocenters. The Kier molecular flexibility index (Phi) is 8.92. The van der Waals surface area contributed by atoms with E-state index in [0.29, 0.717) is 49.7 Å². The van der Waals surface area contributed by atoms with Gasteiger partial charge >= 0.3 is 0 Å². The van der Waals surface area contributed by atoms with Gasteiger partial charge in [0.2, 0.25) is 5.91 Å². The second-order valence-corrected chi connectivity index (χ2v) is 7.06. The third kappa shape index (κ3) is 6.29. The molecule has 5 nitrogen and oxygen atoms in total. The second-order valence-electron chi connectivity index (χ2n) is 6.66. The van der Waals surface area contributed by atoms with Crippen molar-refractivity contribution in [2.75, 3.05) is 32.8 Å². The molecule has 0 bridgehead atoms. The lowest BCUT2D eigenvalue weighted by Crippen LogP contribution is -2.43. The Bertz CT molecular complexity index is 586. The van der Waals surface area contributed by atoms with Gasteiger partial charge in [-0.3, -0.25) is 9.59 Å². The average molecular weight is 381 g/mol. The van der Waals surface area contributed by atoms with Crippen LogP contribution >= 0.6 is 11.6 Å². The zero-order chi connectivity index (χ0) is 18.8. The number of hydrogen-bond donors (Lipinski definition) is 1. The molecule has 144 valence electrons. The highest BCUT2D eigenvalue weighted by Gasteiger charge is 2.28. The summed E-state index contributed by atoms with van der Waals surface area (Å²) in [4.78, 5) is 26.6. The summed E-state index contributed by atoms with van der Waals surface area (Å²) in [5, 5.41) is 3.46. The SMILES string of the molecule is CCCCOCCCNC(=O)C1CCN(C(=O)c2ccccc2Cl)CC1. The van der Waals surface area contributed by atoms with Crippen molar-refractivity contribution >= 4 is 23.4 Å². The molecule has 1 N–H and O–H groups in total. The van der Waals surface area contributed by atoms with Gasteiger partial charge in [-0.25, -0.2) is 0 Å². The van der Waals surface area contributed by atoms with Gasteiger partial charge in [0.15, 0.2) is 0 Å². The number of carbonyl (C=O) groups excluding carboxylic acids is 2. The fourth-order valence-electron chi connectivity index (χ4n) is 3.03. The highest BCUT2D eigenvalue weighted by molar-refractivity contribution is 6.33. The van der Waals surface area contributed by atoms with Crippen molar-refractivity contribution in [2.24, 2.45) is 5.92 Å². The van der Waals surface area contributed by atoms with Gasteiger partial charge in [-0.15, -0.1) is 0 Å². The van der Waals surface area contributed by atoms with Crippen LogP contribution in [0.1, 0.15) is 49.4 Å². The predicted molar refractivity (Wildman–Crippen MR) is 103 cm³/mol. The number of benzene rings is 1. The molecule has 6 heteroatoms. The number of nitrogens with zero attached hydrogens (tertiary/aromatic N) is 1. The molecule has 0 aromatic heterocycles. The summed E-state index contributed by atoms with van der Waals surface area (Å²) >= 11 is 6.11. The minimum absolute atomic E-state index is 0.0219. The molecule has 1 aliphatic rings. The van der Waals surface area contributed by atoms with Crippen LogP contribution in [-0.4, -0.2) is 49.6 Å². The first-order chi connectivity index (χ1) is 12.6. The number of nitrogens with one attached hydrogen (secondary N) is 1. The Morgan fingerprint density at radius 3 is 2.58 bits per heavy atom. The van der Waals surface area contributed by atoms with E-state index in [9.17, 15) is 9.59 Å². The Balaban J connectivity index is 1.67. The van der Waals surface area contributed by atoms with E-state index in [1.807, 2.05) is 12.1 Å². The largest absolute Gasteiger partial charge is 0.381 e. The predicted octanol–water partition coefficient (Wildman–Crippen LogP) is 3.52. The van der Waals surface area contributed by atoms with E-state index in [0.717, 1.165) is 25.9 Å². The molecular formula is C20H29ClN2O3. The maximum atomic E-state index is 12.5. The van der Waals surface area contributed by atoms with Crippen molar-refractivity contribution in [3.8, 4) is 0 Å². The van der Waals surface area contributed by atoms with Crippen molar-refractivity contribution in [1.82, 2.24) is 10.2 Å². The van der Waals surface area contributed by atoms with E-state index in [4.69, 9.17) is 16.3 Å². The zero-order valence-corrected chi connectivity index (χ0v) is 16.3. The lowest BCUT2D eigenvalue weighted by Gasteiger charge is -2.31. The molecule has 1 aliphatic heterocycles. The number of halogens is 1. The van der Waals surface area contributed by atoms with Crippen LogP contribution in [0.3, 0.4) is 0 Å². The molecule has 0 aliphatic carbocycles. The van der Waals surface area contributed by atoms with Gasteiger partial charge in [-0.1, -0.05) is 37.1 Å². The summed E-state index contributed by atoms with van der Waals surface area (Å²) in [6, 6.07) is 7.09. The van der Waals surface area contributed by atoms with Crippen LogP contribution in [0.2, 0.25) is 5.02 Å². The molecule has 1 aromatic carbocycles. The van der Waals surface area contributed by atoms with Crippen LogP contribution in [-0.2, 0) is 9.53 Å². The Hall–Kier alpha value is -1.59. The maximum absolute atomic E-state index is 12.5. The quantitative estimate of drug-likeness (QED) is 0.667. The highest BCUT2D eigenvalue weighted by atomic mass is 35.5. The zero-order valence-electron chi connectivity index (χ0n) is 15.5. The number of amides is 2. The smallest absolute Gasteiger partial charge is 0.255 e. The minimum Gasteiger partial charge on any atom is -0.381 e. The molecule has 2 amide bonds. The molecule has 0 radical (unpaired) electrons. The summed E-state index contributed by atoms with van der Waals surface area (Å²) in [5.74, 6) is 0.00777. The van der Waals surface area contributed by atoms with Gasteiger partial charge in [-0.05, 0) is 37.8 Å². The standard InChI is InChI=1S/C20H29ClN2O3/c1-2-3-14-26-15-6-11-22-19(24)16-9-12-23(13-10-16)20(25)17-7-4-5-8-18(17)21/h4-5,7-8,16H,2-3,6,9-15H2,1H3,(H,22,24). The molecule has 1 fully saturated rings. The molecule has 1 heterocycles. The monoisotopic (exact) mass is 380 g/mol. The number of piperidine rings is 1.